The molecule has 0 saturated carbocycles. The SMILES string of the molecule is CC.CCCCN(CC)Cc1ccccc1OC. The lowest BCUT2D eigenvalue weighted by Crippen LogP contribution is -2.24. The third kappa shape index (κ3) is 6.06. The molecule has 0 radical (unpaired) electrons. The van der Waals surface area contributed by atoms with Gasteiger partial charge in [-0.1, -0.05) is 52.3 Å². The van der Waals surface area contributed by atoms with Gasteiger partial charge in [0.15, 0.2) is 0 Å². The zero-order chi connectivity index (χ0) is 13.8. The van der Waals surface area contributed by atoms with Crippen molar-refractivity contribution in [2.24, 2.45) is 0 Å². The van der Waals surface area contributed by atoms with Crippen molar-refractivity contribution in [1.29, 1.82) is 0 Å². The van der Waals surface area contributed by atoms with Crippen molar-refractivity contribution < 1.29 is 4.74 Å². The number of ether oxygens (including phenoxy) is 1. The van der Waals surface area contributed by atoms with Crippen LogP contribution < -0.4 is 4.74 Å². The van der Waals surface area contributed by atoms with Gasteiger partial charge < -0.3 is 4.74 Å². The van der Waals surface area contributed by atoms with Crippen molar-refractivity contribution >= 4 is 0 Å². The number of nitrogens with zero attached hydrogens (tertiary/aromatic N) is 1. The lowest BCUT2D eigenvalue weighted by atomic mass is 10.2. The largest absolute Gasteiger partial charge is 0.496 e. The van der Waals surface area contributed by atoms with E-state index in [2.05, 4.69) is 30.9 Å². The molecule has 0 amide bonds. The first-order valence-electron chi connectivity index (χ1n) is 7.16. The van der Waals surface area contributed by atoms with Crippen molar-refractivity contribution in [3.8, 4) is 5.75 Å². The molecule has 0 spiro atoms. The maximum absolute atomic E-state index is 5.37. The Morgan fingerprint density at radius 1 is 1.11 bits per heavy atom. The Kier molecular flexibility index (Phi) is 10.5. The maximum atomic E-state index is 5.37. The van der Waals surface area contributed by atoms with E-state index in [1.165, 1.54) is 24.9 Å². The minimum atomic E-state index is 0.987. The van der Waals surface area contributed by atoms with Crippen molar-refractivity contribution in [2.75, 3.05) is 20.2 Å². The molecule has 0 aromatic heterocycles. The van der Waals surface area contributed by atoms with Gasteiger partial charge in [0.05, 0.1) is 7.11 Å². The fraction of sp³-hybridized carbons (Fsp3) is 0.625. The molecule has 0 unspecified atom stereocenters. The average Bonchev–Trinajstić information content (AvgIpc) is 2.46. The van der Waals surface area contributed by atoms with Crippen LogP contribution in [0.5, 0.6) is 5.75 Å². The monoisotopic (exact) mass is 251 g/mol. The Hall–Kier alpha value is -1.02. The molecule has 1 aromatic rings. The zero-order valence-electron chi connectivity index (χ0n) is 12.7. The fourth-order valence-electron chi connectivity index (χ4n) is 1.81. The number of hydrogen-bond donors (Lipinski definition) is 0. The van der Waals surface area contributed by atoms with E-state index in [-0.39, 0.29) is 0 Å². The lowest BCUT2D eigenvalue weighted by molar-refractivity contribution is 0.270. The number of unbranched alkanes of at least 4 members (excludes halogenated alkanes) is 1. The predicted octanol–water partition coefficient (Wildman–Crippen LogP) is 4.34. The molecule has 0 atom stereocenters. The number of methoxy groups -OCH3 is 1. The van der Waals surface area contributed by atoms with Crippen molar-refractivity contribution in [2.45, 2.75) is 47.1 Å². The molecule has 0 fully saturated rings. The highest BCUT2D eigenvalue weighted by molar-refractivity contribution is 5.33. The molecule has 2 nitrogen and oxygen atoms in total. The molecule has 1 rings (SSSR count). The predicted molar refractivity (Wildman–Crippen MR) is 80.2 cm³/mol. The van der Waals surface area contributed by atoms with Gasteiger partial charge in [0.2, 0.25) is 0 Å². The highest BCUT2D eigenvalue weighted by Gasteiger charge is 2.06. The molecule has 0 heterocycles. The first-order valence-corrected chi connectivity index (χ1v) is 7.16. The number of benzene rings is 1. The lowest BCUT2D eigenvalue weighted by Gasteiger charge is -2.21. The molecule has 1 aromatic carbocycles. The first kappa shape index (κ1) is 17.0. The van der Waals surface area contributed by atoms with Crippen LogP contribution in [0.15, 0.2) is 24.3 Å². The Morgan fingerprint density at radius 3 is 2.33 bits per heavy atom. The molecule has 18 heavy (non-hydrogen) atoms. The maximum Gasteiger partial charge on any atom is 0.123 e. The Bertz CT molecular complexity index is 299. The topological polar surface area (TPSA) is 12.5 Å². The summed E-state index contributed by atoms with van der Waals surface area (Å²) in [4.78, 5) is 2.46. The van der Waals surface area contributed by atoms with E-state index in [0.29, 0.717) is 0 Å². The van der Waals surface area contributed by atoms with Gasteiger partial charge in [-0.3, -0.25) is 4.90 Å². The summed E-state index contributed by atoms with van der Waals surface area (Å²) in [7, 11) is 1.74. The fourth-order valence-corrected chi connectivity index (χ4v) is 1.81. The van der Waals surface area contributed by atoms with E-state index in [1.807, 2.05) is 26.0 Å². The van der Waals surface area contributed by atoms with E-state index < -0.39 is 0 Å². The van der Waals surface area contributed by atoms with Crippen LogP contribution in [0.4, 0.5) is 0 Å². The van der Waals surface area contributed by atoms with Gasteiger partial charge in [-0.25, -0.2) is 0 Å². The Morgan fingerprint density at radius 2 is 1.78 bits per heavy atom. The van der Waals surface area contributed by atoms with Gasteiger partial charge in [0.25, 0.3) is 0 Å². The van der Waals surface area contributed by atoms with Gasteiger partial charge in [0, 0.05) is 12.1 Å². The van der Waals surface area contributed by atoms with E-state index in [1.54, 1.807) is 7.11 Å². The molecule has 0 N–H and O–H groups in total. The molecule has 0 bridgehead atoms. The molecule has 2 heteroatoms. The summed E-state index contributed by atoms with van der Waals surface area (Å²) in [5.41, 5.74) is 1.28. The molecule has 0 saturated heterocycles. The van der Waals surface area contributed by atoms with Gasteiger partial charge in [-0.15, -0.1) is 0 Å². The van der Waals surface area contributed by atoms with E-state index in [0.717, 1.165) is 18.8 Å². The average molecular weight is 251 g/mol. The summed E-state index contributed by atoms with van der Waals surface area (Å²) >= 11 is 0. The second-order valence-corrected chi connectivity index (χ2v) is 4.03. The summed E-state index contributed by atoms with van der Waals surface area (Å²) in [6, 6.07) is 8.27. The number of rotatable bonds is 7. The molecule has 0 aliphatic heterocycles. The van der Waals surface area contributed by atoms with Crippen molar-refractivity contribution in [3.05, 3.63) is 29.8 Å². The summed E-state index contributed by atoms with van der Waals surface area (Å²) < 4.78 is 5.37. The van der Waals surface area contributed by atoms with Crippen LogP contribution in [0.1, 0.15) is 46.1 Å². The van der Waals surface area contributed by atoms with Crippen LogP contribution in [0.25, 0.3) is 0 Å². The van der Waals surface area contributed by atoms with E-state index in [9.17, 15) is 0 Å². The number of hydrogen-bond acceptors (Lipinski definition) is 2. The third-order valence-electron chi connectivity index (χ3n) is 2.86. The smallest absolute Gasteiger partial charge is 0.123 e. The van der Waals surface area contributed by atoms with Crippen molar-refractivity contribution in [1.82, 2.24) is 4.90 Å². The Labute approximate surface area is 113 Å². The van der Waals surface area contributed by atoms with Crippen LogP contribution in [0.2, 0.25) is 0 Å². The number of para-hydroxylation sites is 1. The quantitative estimate of drug-likeness (QED) is 0.714. The minimum absolute atomic E-state index is 0.987. The third-order valence-corrected chi connectivity index (χ3v) is 2.86. The zero-order valence-corrected chi connectivity index (χ0v) is 12.7. The summed E-state index contributed by atoms with van der Waals surface area (Å²) in [5.74, 6) is 0.998. The van der Waals surface area contributed by atoms with Gasteiger partial charge in [0.1, 0.15) is 5.75 Å². The highest BCUT2D eigenvalue weighted by atomic mass is 16.5. The molecular weight excluding hydrogens is 222 g/mol. The van der Waals surface area contributed by atoms with Gasteiger partial charge in [-0.2, -0.15) is 0 Å². The highest BCUT2D eigenvalue weighted by Crippen LogP contribution is 2.19. The van der Waals surface area contributed by atoms with Crippen LogP contribution in [-0.4, -0.2) is 25.1 Å². The summed E-state index contributed by atoms with van der Waals surface area (Å²) in [6.07, 6.45) is 2.52. The summed E-state index contributed by atoms with van der Waals surface area (Å²) in [6.45, 7) is 11.7. The first-order chi connectivity index (χ1) is 8.81. The minimum Gasteiger partial charge on any atom is -0.496 e. The van der Waals surface area contributed by atoms with E-state index >= 15 is 0 Å². The molecule has 0 aliphatic rings. The molecule has 0 aliphatic carbocycles. The van der Waals surface area contributed by atoms with E-state index in [4.69, 9.17) is 4.74 Å². The van der Waals surface area contributed by atoms with Crippen LogP contribution in [0, 0.1) is 0 Å². The second-order valence-electron chi connectivity index (χ2n) is 4.03. The van der Waals surface area contributed by atoms with Gasteiger partial charge in [-0.05, 0) is 25.6 Å². The van der Waals surface area contributed by atoms with Crippen LogP contribution in [0.3, 0.4) is 0 Å². The van der Waals surface area contributed by atoms with Crippen LogP contribution in [-0.2, 0) is 6.54 Å². The van der Waals surface area contributed by atoms with Gasteiger partial charge >= 0.3 is 0 Å². The molecule has 104 valence electrons. The molecular formula is C16H29NO. The normalized spacial score (nSPS) is 9.89. The standard InChI is InChI=1S/C14H23NO.C2H6/c1-4-6-11-15(5-2)12-13-9-7-8-10-14(13)16-3;1-2/h7-10H,4-6,11-12H2,1-3H3;1-2H3. The van der Waals surface area contributed by atoms with Crippen LogP contribution >= 0.6 is 0 Å². The second kappa shape index (κ2) is 11.1. The summed E-state index contributed by atoms with van der Waals surface area (Å²) in [5, 5.41) is 0. The van der Waals surface area contributed by atoms with Crippen molar-refractivity contribution in [3.63, 3.8) is 0 Å². The Balaban J connectivity index is 0.00000137.